The second kappa shape index (κ2) is 16.1. The van der Waals surface area contributed by atoms with Crippen molar-refractivity contribution in [3.8, 4) is 45.3 Å². The van der Waals surface area contributed by atoms with Crippen LogP contribution in [-0.2, 0) is 21.8 Å². The highest BCUT2D eigenvalue weighted by atomic mass is 35.5. The van der Waals surface area contributed by atoms with Crippen LogP contribution in [-0.4, -0.2) is 48.5 Å². The first-order valence-corrected chi connectivity index (χ1v) is 17.3. The zero-order chi connectivity index (χ0) is 39.7. The Hall–Kier alpha value is -4.84. The molecule has 0 aliphatic carbocycles. The molecule has 0 spiro atoms. The topological polar surface area (TPSA) is 132 Å². The maximum Gasteiger partial charge on any atom is 0.416 e. The van der Waals surface area contributed by atoms with Crippen molar-refractivity contribution in [2.45, 2.75) is 50.2 Å². The van der Waals surface area contributed by atoms with Crippen molar-refractivity contribution in [3.63, 3.8) is 0 Å². The molecule has 4 aromatic carbocycles. The largest absolute Gasteiger partial charge is 0.481 e. The van der Waals surface area contributed by atoms with E-state index < -0.39 is 78.5 Å². The van der Waals surface area contributed by atoms with Crippen LogP contribution in [0, 0.1) is 20.2 Å². The van der Waals surface area contributed by atoms with Crippen LogP contribution < -0.4 is 14.2 Å². The van der Waals surface area contributed by atoms with Gasteiger partial charge in [0.15, 0.2) is 0 Å². The highest BCUT2D eigenvalue weighted by Gasteiger charge is 2.36. The minimum Gasteiger partial charge on any atom is -0.481 e. The molecule has 0 N–H and O–H groups in total. The molecule has 0 saturated carbocycles. The zero-order valence-corrected chi connectivity index (χ0v) is 29.7. The summed E-state index contributed by atoms with van der Waals surface area (Å²) in [5, 5.41) is 23.8. The van der Waals surface area contributed by atoms with Gasteiger partial charge in [0, 0.05) is 46.5 Å². The third-order valence-electron chi connectivity index (χ3n) is 8.75. The van der Waals surface area contributed by atoms with E-state index in [4.69, 9.17) is 46.9 Å². The quantitative estimate of drug-likeness (QED) is 0.0871. The van der Waals surface area contributed by atoms with Gasteiger partial charge in [0.2, 0.25) is 11.5 Å². The molecule has 2 aliphatic heterocycles. The molecule has 2 unspecified atom stereocenters. The van der Waals surface area contributed by atoms with E-state index in [0.717, 1.165) is 36.4 Å². The van der Waals surface area contributed by atoms with Crippen LogP contribution in [0.2, 0.25) is 10.0 Å². The Morgan fingerprint density at radius 3 is 1.35 bits per heavy atom. The minimum atomic E-state index is -4.81. The number of alkyl halides is 6. The molecule has 0 aromatic heterocycles. The van der Waals surface area contributed by atoms with E-state index in [1.807, 2.05) is 0 Å². The Labute approximate surface area is 317 Å². The third-order valence-corrected chi connectivity index (χ3v) is 9.37. The van der Waals surface area contributed by atoms with Crippen molar-refractivity contribution in [1.82, 2.24) is 0 Å². The monoisotopic (exact) mass is 816 g/mol. The summed E-state index contributed by atoms with van der Waals surface area (Å²) in [4.78, 5) is 23.2. The van der Waals surface area contributed by atoms with E-state index in [-0.39, 0.29) is 47.0 Å². The van der Waals surface area contributed by atoms with Crippen molar-refractivity contribution in [2.24, 2.45) is 0 Å². The molecule has 2 saturated heterocycles. The zero-order valence-electron chi connectivity index (χ0n) is 28.2. The van der Waals surface area contributed by atoms with Crippen molar-refractivity contribution in [2.75, 3.05) is 26.4 Å². The van der Waals surface area contributed by atoms with Gasteiger partial charge >= 0.3 is 23.7 Å². The van der Waals surface area contributed by atoms with Gasteiger partial charge in [-0.2, -0.15) is 26.3 Å². The second-order valence-corrected chi connectivity index (χ2v) is 13.3. The van der Waals surface area contributed by atoms with Crippen LogP contribution >= 0.6 is 23.2 Å². The smallest absolute Gasteiger partial charge is 0.416 e. The molecular formula is C36H28Cl2F6N2O9. The summed E-state index contributed by atoms with van der Waals surface area (Å²) in [7, 11) is 0. The van der Waals surface area contributed by atoms with Gasteiger partial charge in [0.05, 0.1) is 45.3 Å². The maximum atomic E-state index is 13.7. The molecule has 11 nitrogen and oxygen atoms in total. The van der Waals surface area contributed by atoms with E-state index in [1.165, 1.54) is 0 Å². The van der Waals surface area contributed by atoms with Crippen LogP contribution in [0.25, 0.3) is 22.3 Å². The Bertz CT molecular complexity index is 1960. The van der Waals surface area contributed by atoms with Gasteiger partial charge in [-0.15, -0.1) is 0 Å². The lowest BCUT2D eigenvalue weighted by Crippen LogP contribution is -2.28. The molecule has 4 aromatic rings. The number of rotatable bonds is 10. The van der Waals surface area contributed by atoms with Gasteiger partial charge in [0.1, 0.15) is 23.7 Å². The summed E-state index contributed by atoms with van der Waals surface area (Å²) in [6, 6.07) is 8.84. The normalized spacial score (nSPS) is 17.7. The van der Waals surface area contributed by atoms with Gasteiger partial charge in [-0.3, -0.25) is 20.2 Å². The summed E-state index contributed by atoms with van der Waals surface area (Å²) in [5.41, 5.74) is -4.39. The van der Waals surface area contributed by atoms with Crippen LogP contribution in [0.3, 0.4) is 0 Å². The van der Waals surface area contributed by atoms with Crippen molar-refractivity contribution < 1.29 is 59.9 Å². The standard InChI is InChI=1S/C36H28Cl2F6N2O9/c37-25-15-19(35(39,40)41)5-7-23(25)31-29(11-9-27(45(47)48)33(31)53-21-3-1-13-51-17-21)55-30-12-10-28(46(49)50)34(54-22-4-2-14-52-18-22)32(30)24-8-6-20(16-26(24)38)36(42,43)44/h5-12,15-16,21-22H,1-4,13-14,17-18H2. The number of nitro groups is 2. The predicted molar refractivity (Wildman–Crippen MR) is 186 cm³/mol. The first-order valence-electron chi connectivity index (χ1n) is 16.6. The minimum absolute atomic E-state index is 0.0208. The lowest BCUT2D eigenvalue weighted by Gasteiger charge is -2.27. The summed E-state index contributed by atoms with van der Waals surface area (Å²) >= 11 is 12.9. The van der Waals surface area contributed by atoms with Crippen LogP contribution in [0.1, 0.15) is 36.8 Å². The summed E-state index contributed by atoms with van der Waals surface area (Å²) in [5.74, 6) is -1.48. The molecule has 2 atom stereocenters. The van der Waals surface area contributed by atoms with E-state index in [9.17, 15) is 46.6 Å². The molecule has 2 aliphatic rings. The maximum absolute atomic E-state index is 13.7. The Balaban J connectivity index is 1.61. The number of hydrogen-bond acceptors (Lipinski definition) is 9. The summed E-state index contributed by atoms with van der Waals surface area (Å²) < 4.78 is 112. The van der Waals surface area contributed by atoms with Gasteiger partial charge in [0.25, 0.3) is 0 Å². The Kier molecular flexibility index (Phi) is 11.7. The number of benzene rings is 4. The summed E-state index contributed by atoms with van der Waals surface area (Å²) in [6.45, 7) is 0.838. The van der Waals surface area contributed by atoms with Gasteiger partial charge in [-0.1, -0.05) is 35.3 Å². The van der Waals surface area contributed by atoms with Crippen molar-refractivity contribution in [3.05, 3.63) is 102 Å². The van der Waals surface area contributed by atoms with Crippen LogP contribution in [0.4, 0.5) is 37.7 Å². The molecule has 2 heterocycles. The SMILES string of the molecule is O=[N+]([O-])c1ccc(Oc2ccc([N+](=O)[O-])c(OC3CCCOC3)c2-c2ccc(C(F)(F)F)cc2Cl)c(-c2ccc(C(F)(F)F)cc2Cl)c1OC1CCCOC1. The lowest BCUT2D eigenvalue weighted by molar-refractivity contribution is -0.386. The fraction of sp³-hybridized carbons (Fsp3) is 0.333. The molecule has 2 fully saturated rings. The molecule has 55 heavy (non-hydrogen) atoms. The van der Waals surface area contributed by atoms with Crippen LogP contribution in [0.5, 0.6) is 23.0 Å². The number of nitrogens with zero attached hydrogens (tertiary/aromatic N) is 2. The van der Waals surface area contributed by atoms with E-state index in [1.54, 1.807) is 0 Å². The highest BCUT2D eigenvalue weighted by molar-refractivity contribution is 6.34. The molecule has 6 rings (SSSR count). The van der Waals surface area contributed by atoms with E-state index in [2.05, 4.69) is 0 Å². The van der Waals surface area contributed by atoms with E-state index >= 15 is 0 Å². The fourth-order valence-electron chi connectivity index (χ4n) is 6.16. The predicted octanol–water partition coefficient (Wildman–Crippen LogP) is 11.1. The molecule has 0 amide bonds. The molecule has 0 bridgehead atoms. The number of hydrogen-bond donors (Lipinski definition) is 0. The second-order valence-electron chi connectivity index (χ2n) is 12.5. The molecular weight excluding hydrogens is 789 g/mol. The van der Waals surface area contributed by atoms with Crippen molar-refractivity contribution >= 4 is 34.6 Å². The Morgan fingerprint density at radius 2 is 1.04 bits per heavy atom. The third kappa shape index (κ3) is 8.85. The highest BCUT2D eigenvalue weighted by Crippen LogP contribution is 2.53. The van der Waals surface area contributed by atoms with Crippen LogP contribution in [0.15, 0.2) is 60.7 Å². The Morgan fingerprint density at radius 1 is 0.636 bits per heavy atom. The average Bonchev–Trinajstić information content (AvgIpc) is 3.12. The van der Waals surface area contributed by atoms with E-state index in [0.29, 0.717) is 63.2 Å². The number of halogens is 8. The van der Waals surface area contributed by atoms with Gasteiger partial charge < -0.3 is 23.7 Å². The first-order chi connectivity index (χ1) is 26.0. The first kappa shape index (κ1) is 39.8. The average molecular weight is 818 g/mol. The van der Waals surface area contributed by atoms with Gasteiger partial charge in [-0.25, -0.2) is 0 Å². The fourth-order valence-corrected chi connectivity index (χ4v) is 6.71. The molecule has 0 radical (unpaired) electrons. The summed E-state index contributed by atoms with van der Waals surface area (Å²) in [6.07, 6.45) is -9.25. The lowest BCUT2D eigenvalue weighted by atomic mass is 9.98. The number of ether oxygens (including phenoxy) is 5. The number of nitro benzene ring substituents is 2. The molecule has 292 valence electrons. The van der Waals surface area contributed by atoms with Crippen molar-refractivity contribution in [1.29, 1.82) is 0 Å². The van der Waals surface area contributed by atoms with Gasteiger partial charge in [-0.05, 0) is 62.1 Å². The molecule has 19 heteroatoms.